The molecule has 0 radical (unpaired) electrons. The summed E-state index contributed by atoms with van der Waals surface area (Å²) in [5.41, 5.74) is 0. The Hall–Kier alpha value is -0.580. The molecule has 1 aromatic rings. The third-order valence-corrected chi connectivity index (χ3v) is 2.54. The zero-order valence-electron chi connectivity index (χ0n) is 6.92. The van der Waals surface area contributed by atoms with Crippen LogP contribution in [0.5, 0.6) is 0 Å². The molecule has 13 heavy (non-hydrogen) atoms. The molecule has 0 fully saturated rings. The average molecular weight is 220 g/mol. The Morgan fingerprint density at radius 3 is 2.92 bits per heavy atom. The summed E-state index contributed by atoms with van der Waals surface area (Å²) in [5, 5.41) is 11.9. The van der Waals surface area contributed by atoms with Gasteiger partial charge in [-0.25, -0.2) is 0 Å². The molecule has 0 aliphatic carbocycles. The number of anilines is 1. The molecule has 0 saturated carbocycles. The molecule has 0 aromatic carbocycles. The minimum Gasteiger partial charge on any atom is -0.396 e. The van der Waals surface area contributed by atoms with Gasteiger partial charge in [-0.1, -0.05) is 11.6 Å². The van der Waals surface area contributed by atoms with Crippen molar-refractivity contribution in [3.05, 3.63) is 16.5 Å². The first-order chi connectivity index (χ1) is 6.22. The molecule has 1 aromatic heterocycles. The minimum atomic E-state index is -0.0902. The second-order valence-electron chi connectivity index (χ2n) is 2.48. The molecule has 0 aliphatic heterocycles. The fourth-order valence-electron chi connectivity index (χ4n) is 0.821. The van der Waals surface area contributed by atoms with E-state index in [9.17, 15) is 4.79 Å². The predicted molar refractivity (Wildman–Crippen MR) is 54.3 cm³/mol. The zero-order valence-corrected chi connectivity index (χ0v) is 8.49. The van der Waals surface area contributed by atoms with Crippen LogP contribution < -0.4 is 5.32 Å². The second kappa shape index (κ2) is 5.21. The van der Waals surface area contributed by atoms with Gasteiger partial charge in [-0.15, -0.1) is 11.3 Å². The quantitative estimate of drug-likeness (QED) is 0.815. The van der Waals surface area contributed by atoms with Crippen molar-refractivity contribution in [3.63, 3.8) is 0 Å². The molecule has 0 atom stereocenters. The third kappa shape index (κ3) is 3.76. The first kappa shape index (κ1) is 10.5. The van der Waals surface area contributed by atoms with Crippen molar-refractivity contribution in [2.45, 2.75) is 12.8 Å². The van der Waals surface area contributed by atoms with Gasteiger partial charge in [0.25, 0.3) is 0 Å². The van der Waals surface area contributed by atoms with E-state index in [0.717, 1.165) is 5.00 Å². The summed E-state index contributed by atoms with van der Waals surface area (Å²) < 4.78 is 0.650. The molecule has 1 rings (SSSR count). The van der Waals surface area contributed by atoms with Gasteiger partial charge in [-0.2, -0.15) is 0 Å². The summed E-state index contributed by atoms with van der Waals surface area (Å²) in [6.45, 7) is 0.0403. The van der Waals surface area contributed by atoms with Crippen molar-refractivity contribution in [2.75, 3.05) is 11.9 Å². The molecule has 1 amide bonds. The van der Waals surface area contributed by atoms with Gasteiger partial charge in [-0.3, -0.25) is 4.79 Å². The minimum absolute atomic E-state index is 0.0403. The van der Waals surface area contributed by atoms with Crippen LogP contribution in [0.3, 0.4) is 0 Å². The lowest BCUT2D eigenvalue weighted by Gasteiger charge is -1.99. The van der Waals surface area contributed by atoms with Gasteiger partial charge in [0, 0.05) is 13.0 Å². The smallest absolute Gasteiger partial charge is 0.225 e. The number of carbonyl (C=O) groups excluding carboxylic acids is 1. The van der Waals surface area contributed by atoms with Crippen LogP contribution in [0.15, 0.2) is 12.1 Å². The van der Waals surface area contributed by atoms with E-state index in [1.165, 1.54) is 11.3 Å². The number of aliphatic hydroxyl groups excluding tert-OH is 1. The molecule has 5 heteroatoms. The number of aliphatic hydroxyl groups is 1. The molecule has 1 heterocycles. The van der Waals surface area contributed by atoms with E-state index in [1.54, 1.807) is 12.1 Å². The highest BCUT2D eigenvalue weighted by atomic mass is 35.5. The summed E-state index contributed by atoms with van der Waals surface area (Å²) in [6.07, 6.45) is 0.830. The van der Waals surface area contributed by atoms with Crippen LogP contribution in [0.1, 0.15) is 12.8 Å². The van der Waals surface area contributed by atoms with E-state index in [2.05, 4.69) is 5.32 Å². The van der Waals surface area contributed by atoms with E-state index in [1.807, 2.05) is 0 Å². The largest absolute Gasteiger partial charge is 0.396 e. The van der Waals surface area contributed by atoms with Crippen molar-refractivity contribution in [1.82, 2.24) is 0 Å². The lowest BCUT2D eigenvalue weighted by molar-refractivity contribution is -0.116. The van der Waals surface area contributed by atoms with Gasteiger partial charge in [0.15, 0.2) is 0 Å². The van der Waals surface area contributed by atoms with Gasteiger partial charge in [0.1, 0.15) is 0 Å². The lowest BCUT2D eigenvalue weighted by atomic mass is 10.3. The number of halogens is 1. The lowest BCUT2D eigenvalue weighted by Crippen LogP contribution is -2.10. The fraction of sp³-hybridized carbons (Fsp3) is 0.375. The Kier molecular flexibility index (Phi) is 4.21. The van der Waals surface area contributed by atoms with Crippen molar-refractivity contribution in [3.8, 4) is 0 Å². The molecule has 2 N–H and O–H groups in total. The number of hydrogen-bond acceptors (Lipinski definition) is 3. The maximum atomic E-state index is 11.1. The Bertz CT molecular complexity index is 287. The number of hydrogen-bond donors (Lipinski definition) is 2. The number of thiophene rings is 1. The molecule has 3 nitrogen and oxygen atoms in total. The van der Waals surface area contributed by atoms with Crippen LogP contribution in [-0.2, 0) is 4.79 Å². The standard InChI is InChI=1S/C8H10ClNO2S/c9-6-3-4-8(13-6)10-7(12)2-1-5-11/h3-4,11H,1-2,5H2,(H,10,12). The predicted octanol–water partition coefficient (Wildman–Crippen LogP) is 2.11. The first-order valence-corrected chi connectivity index (χ1v) is 5.08. The second-order valence-corrected chi connectivity index (χ2v) is 4.19. The van der Waals surface area contributed by atoms with Crippen molar-refractivity contribution >= 4 is 33.8 Å². The normalized spacial score (nSPS) is 10.0. The summed E-state index contributed by atoms with van der Waals surface area (Å²) in [5.74, 6) is -0.0902. The number of rotatable bonds is 4. The van der Waals surface area contributed by atoms with Crippen LogP contribution in [0.4, 0.5) is 5.00 Å². The van der Waals surface area contributed by atoms with Gasteiger partial charge in [-0.05, 0) is 18.6 Å². The van der Waals surface area contributed by atoms with E-state index in [-0.39, 0.29) is 12.5 Å². The number of carbonyl (C=O) groups is 1. The summed E-state index contributed by atoms with van der Waals surface area (Å²) in [7, 11) is 0. The maximum absolute atomic E-state index is 11.1. The molecule has 0 aliphatic rings. The third-order valence-electron chi connectivity index (χ3n) is 1.40. The molecule has 72 valence electrons. The number of nitrogens with one attached hydrogen (secondary N) is 1. The van der Waals surface area contributed by atoms with Crippen LogP contribution in [-0.4, -0.2) is 17.6 Å². The molecular weight excluding hydrogens is 210 g/mol. The molecule has 0 saturated heterocycles. The Balaban J connectivity index is 2.36. The monoisotopic (exact) mass is 219 g/mol. The fourth-order valence-corrected chi connectivity index (χ4v) is 1.78. The zero-order chi connectivity index (χ0) is 9.68. The van der Waals surface area contributed by atoms with E-state index < -0.39 is 0 Å². The number of amides is 1. The molecule has 0 bridgehead atoms. The van der Waals surface area contributed by atoms with Gasteiger partial charge in [0.2, 0.25) is 5.91 Å². The Morgan fingerprint density at radius 1 is 1.62 bits per heavy atom. The van der Waals surface area contributed by atoms with Gasteiger partial charge >= 0.3 is 0 Å². The van der Waals surface area contributed by atoms with Crippen LogP contribution in [0.2, 0.25) is 4.34 Å². The molecular formula is C8H10ClNO2S. The van der Waals surface area contributed by atoms with Crippen molar-refractivity contribution in [2.24, 2.45) is 0 Å². The highest BCUT2D eigenvalue weighted by Gasteiger charge is 2.03. The summed E-state index contributed by atoms with van der Waals surface area (Å²) >= 11 is 7.00. The SMILES string of the molecule is O=C(CCCO)Nc1ccc(Cl)s1. The van der Waals surface area contributed by atoms with Gasteiger partial charge < -0.3 is 10.4 Å². The summed E-state index contributed by atoms with van der Waals surface area (Å²) in [4.78, 5) is 11.1. The highest BCUT2D eigenvalue weighted by Crippen LogP contribution is 2.25. The highest BCUT2D eigenvalue weighted by molar-refractivity contribution is 7.20. The van der Waals surface area contributed by atoms with Crippen LogP contribution >= 0.6 is 22.9 Å². The average Bonchev–Trinajstić information content (AvgIpc) is 2.48. The van der Waals surface area contributed by atoms with E-state index in [0.29, 0.717) is 17.2 Å². The first-order valence-electron chi connectivity index (χ1n) is 3.88. The van der Waals surface area contributed by atoms with E-state index >= 15 is 0 Å². The molecule has 0 unspecified atom stereocenters. The van der Waals surface area contributed by atoms with Gasteiger partial charge in [0.05, 0.1) is 9.34 Å². The van der Waals surface area contributed by atoms with Crippen molar-refractivity contribution < 1.29 is 9.90 Å². The van der Waals surface area contributed by atoms with Crippen molar-refractivity contribution in [1.29, 1.82) is 0 Å². The summed E-state index contributed by atoms with van der Waals surface area (Å²) in [6, 6.07) is 3.48. The topological polar surface area (TPSA) is 49.3 Å². The Morgan fingerprint density at radius 2 is 2.38 bits per heavy atom. The van der Waals surface area contributed by atoms with Crippen LogP contribution in [0, 0.1) is 0 Å². The van der Waals surface area contributed by atoms with E-state index in [4.69, 9.17) is 16.7 Å². The maximum Gasteiger partial charge on any atom is 0.225 e. The molecule has 0 spiro atoms. The Labute approximate surface area is 85.3 Å². The van der Waals surface area contributed by atoms with Crippen LogP contribution in [0.25, 0.3) is 0 Å².